The minimum atomic E-state index is -0.258. The van der Waals surface area contributed by atoms with Crippen molar-refractivity contribution in [3.8, 4) is 5.75 Å². The highest BCUT2D eigenvalue weighted by molar-refractivity contribution is 5.74. The summed E-state index contributed by atoms with van der Waals surface area (Å²) in [6, 6.07) is 5.65. The number of hydrogen-bond donors (Lipinski definition) is 2. The number of hydrogen-bond acceptors (Lipinski definition) is 5. The van der Waals surface area contributed by atoms with Crippen LogP contribution in [0.3, 0.4) is 0 Å². The molecule has 0 bridgehead atoms. The number of rotatable bonds is 3. The van der Waals surface area contributed by atoms with Crippen molar-refractivity contribution < 1.29 is 9.53 Å². The molecule has 1 aliphatic rings. The van der Waals surface area contributed by atoms with Gasteiger partial charge in [0.15, 0.2) is 5.82 Å². The summed E-state index contributed by atoms with van der Waals surface area (Å²) in [6.07, 6.45) is 0.738. The number of urea groups is 1. The van der Waals surface area contributed by atoms with Gasteiger partial charge >= 0.3 is 6.03 Å². The van der Waals surface area contributed by atoms with E-state index in [-0.39, 0.29) is 24.2 Å². The first kappa shape index (κ1) is 17.2. The summed E-state index contributed by atoms with van der Waals surface area (Å²) < 4.78 is 5.73. The Morgan fingerprint density at radius 3 is 2.92 bits per heavy atom. The van der Waals surface area contributed by atoms with Crippen molar-refractivity contribution in [1.29, 1.82) is 0 Å². The summed E-state index contributed by atoms with van der Waals surface area (Å²) >= 11 is 0. The Labute approximate surface area is 146 Å². The average Bonchev–Trinajstić information content (AvgIpc) is 3.03. The maximum absolute atomic E-state index is 12.2. The second-order valence-electron chi connectivity index (χ2n) is 7.18. The van der Waals surface area contributed by atoms with Crippen LogP contribution in [-0.4, -0.2) is 32.8 Å². The largest absolute Gasteiger partial charge is 0.493 e. The van der Waals surface area contributed by atoms with Gasteiger partial charge in [0.1, 0.15) is 5.75 Å². The summed E-state index contributed by atoms with van der Waals surface area (Å²) in [5, 5.41) is 18.0. The third kappa shape index (κ3) is 3.89. The molecule has 0 unspecified atom stereocenters. The van der Waals surface area contributed by atoms with E-state index < -0.39 is 0 Å². The van der Waals surface area contributed by atoms with Crippen molar-refractivity contribution >= 4 is 6.03 Å². The molecule has 1 atom stereocenters. The van der Waals surface area contributed by atoms with E-state index in [0.717, 1.165) is 23.3 Å². The lowest BCUT2D eigenvalue weighted by Crippen LogP contribution is -2.39. The zero-order chi connectivity index (χ0) is 18.0. The molecular formula is C17H24N6O2. The minimum Gasteiger partial charge on any atom is -0.493 e. The van der Waals surface area contributed by atoms with Crippen LogP contribution in [0.25, 0.3) is 0 Å². The minimum absolute atomic E-state index is 0.0677. The molecule has 25 heavy (non-hydrogen) atoms. The number of benzene rings is 1. The van der Waals surface area contributed by atoms with E-state index in [1.54, 1.807) is 4.80 Å². The molecule has 1 aliphatic heterocycles. The van der Waals surface area contributed by atoms with Gasteiger partial charge in [0.25, 0.3) is 0 Å². The molecule has 2 amide bonds. The van der Waals surface area contributed by atoms with Crippen LogP contribution in [0.2, 0.25) is 0 Å². The molecule has 0 aliphatic carbocycles. The molecule has 3 rings (SSSR count). The highest BCUT2D eigenvalue weighted by Crippen LogP contribution is 2.34. The standard InChI is InChI=1S/C17H24N6O2/c1-11-6-5-7-12-13(8-9-25-15(11)12)19-16(24)18-10-14-20-22-23(21-14)17(2,3)4/h5-7,13H,8-10H2,1-4H3,(H2,18,19,24)/t13-/m1/s1. The van der Waals surface area contributed by atoms with Gasteiger partial charge in [-0.3, -0.25) is 0 Å². The Bertz CT molecular complexity index is 765. The van der Waals surface area contributed by atoms with E-state index in [1.807, 2.05) is 45.9 Å². The van der Waals surface area contributed by atoms with Crippen molar-refractivity contribution in [3.63, 3.8) is 0 Å². The molecule has 2 aromatic rings. The van der Waals surface area contributed by atoms with Gasteiger partial charge in [-0.15, -0.1) is 10.2 Å². The molecule has 0 radical (unpaired) electrons. The van der Waals surface area contributed by atoms with E-state index in [2.05, 4.69) is 26.0 Å². The molecule has 0 saturated heterocycles. The molecule has 134 valence electrons. The quantitative estimate of drug-likeness (QED) is 0.889. The predicted octanol–water partition coefficient (Wildman–Crippen LogP) is 2.06. The Kier molecular flexibility index (Phi) is 4.61. The van der Waals surface area contributed by atoms with Gasteiger partial charge in [0.05, 0.1) is 24.7 Å². The number of tetrazole rings is 1. The lowest BCUT2D eigenvalue weighted by molar-refractivity contribution is 0.222. The summed E-state index contributed by atoms with van der Waals surface area (Å²) in [5.74, 6) is 1.35. The highest BCUT2D eigenvalue weighted by Gasteiger charge is 2.24. The molecule has 8 nitrogen and oxygen atoms in total. The number of carbonyl (C=O) groups is 1. The first-order chi connectivity index (χ1) is 11.8. The normalized spacial score (nSPS) is 16.7. The van der Waals surface area contributed by atoms with Gasteiger partial charge in [0, 0.05) is 12.0 Å². The van der Waals surface area contributed by atoms with Gasteiger partial charge in [-0.05, 0) is 38.5 Å². The van der Waals surface area contributed by atoms with Crippen LogP contribution < -0.4 is 15.4 Å². The Hall–Kier alpha value is -2.64. The number of ether oxygens (including phenoxy) is 1. The maximum atomic E-state index is 12.2. The Morgan fingerprint density at radius 2 is 2.20 bits per heavy atom. The molecular weight excluding hydrogens is 320 g/mol. The highest BCUT2D eigenvalue weighted by atomic mass is 16.5. The van der Waals surface area contributed by atoms with E-state index in [1.165, 1.54) is 0 Å². The smallest absolute Gasteiger partial charge is 0.315 e. The van der Waals surface area contributed by atoms with Crippen LogP contribution in [-0.2, 0) is 12.1 Å². The number of para-hydroxylation sites is 1. The van der Waals surface area contributed by atoms with Gasteiger partial charge in [-0.25, -0.2) is 4.79 Å². The third-order valence-electron chi connectivity index (χ3n) is 4.04. The van der Waals surface area contributed by atoms with Crippen molar-refractivity contribution in [2.24, 2.45) is 0 Å². The molecule has 1 aromatic heterocycles. The summed E-state index contributed by atoms with van der Waals surface area (Å²) in [4.78, 5) is 13.8. The zero-order valence-corrected chi connectivity index (χ0v) is 15.0. The number of nitrogens with zero attached hydrogens (tertiary/aromatic N) is 4. The Balaban J connectivity index is 1.59. The summed E-state index contributed by atoms with van der Waals surface area (Å²) in [6.45, 7) is 8.79. The average molecular weight is 344 g/mol. The second kappa shape index (κ2) is 6.70. The second-order valence-corrected chi connectivity index (χ2v) is 7.18. The number of carbonyl (C=O) groups excluding carboxylic acids is 1. The van der Waals surface area contributed by atoms with Crippen LogP contribution in [0.4, 0.5) is 4.79 Å². The molecule has 0 saturated carbocycles. The van der Waals surface area contributed by atoms with Crippen molar-refractivity contribution in [2.75, 3.05) is 6.61 Å². The molecule has 8 heteroatoms. The van der Waals surface area contributed by atoms with Gasteiger partial charge in [-0.1, -0.05) is 18.2 Å². The first-order valence-electron chi connectivity index (χ1n) is 8.40. The lowest BCUT2D eigenvalue weighted by atomic mass is 9.98. The molecule has 0 spiro atoms. The van der Waals surface area contributed by atoms with Gasteiger partial charge < -0.3 is 15.4 Å². The number of amides is 2. The van der Waals surface area contributed by atoms with Crippen LogP contribution in [0.1, 0.15) is 50.2 Å². The van der Waals surface area contributed by atoms with E-state index in [4.69, 9.17) is 4.74 Å². The van der Waals surface area contributed by atoms with Crippen LogP contribution in [0.5, 0.6) is 5.75 Å². The van der Waals surface area contributed by atoms with E-state index in [0.29, 0.717) is 12.4 Å². The van der Waals surface area contributed by atoms with Gasteiger partial charge in [0.2, 0.25) is 0 Å². The van der Waals surface area contributed by atoms with Gasteiger partial charge in [-0.2, -0.15) is 4.80 Å². The molecule has 2 heterocycles. The van der Waals surface area contributed by atoms with Crippen LogP contribution in [0, 0.1) is 6.92 Å². The lowest BCUT2D eigenvalue weighted by Gasteiger charge is -2.27. The molecule has 2 N–H and O–H groups in total. The topological polar surface area (TPSA) is 94.0 Å². The number of nitrogens with one attached hydrogen (secondary N) is 2. The van der Waals surface area contributed by atoms with Crippen LogP contribution >= 0.6 is 0 Å². The SMILES string of the molecule is Cc1cccc2c1OCC[C@H]2NC(=O)NCc1nnn(C(C)(C)C)n1. The van der Waals surface area contributed by atoms with E-state index >= 15 is 0 Å². The number of fused-ring (bicyclic) bond motifs is 1. The summed E-state index contributed by atoms with van der Waals surface area (Å²) in [5.41, 5.74) is 1.85. The fourth-order valence-electron chi connectivity index (χ4n) is 2.70. The Morgan fingerprint density at radius 1 is 1.40 bits per heavy atom. The fraction of sp³-hybridized carbons (Fsp3) is 0.529. The number of aromatic nitrogens is 4. The van der Waals surface area contributed by atoms with Crippen molar-refractivity contribution in [2.45, 2.75) is 52.2 Å². The third-order valence-corrected chi connectivity index (χ3v) is 4.04. The molecule has 0 fully saturated rings. The molecule has 1 aromatic carbocycles. The first-order valence-corrected chi connectivity index (χ1v) is 8.40. The van der Waals surface area contributed by atoms with E-state index in [9.17, 15) is 4.79 Å². The fourth-order valence-corrected chi connectivity index (χ4v) is 2.70. The summed E-state index contributed by atoms with van der Waals surface area (Å²) in [7, 11) is 0. The predicted molar refractivity (Wildman–Crippen MR) is 92.2 cm³/mol. The van der Waals surface area contributed by atoms with Crippen molar-refractivity contribution in [1.82, 2.24) is 30.8 Å². The van der Waals surface area contributed by atoms with Crippen molar-refractivity contribution in [3.05, 3.63) is 35.2 Å². The monoisotopic (exact) mass is 344 g/mol. The van der Waals surface area contributed by atoms with Crippen LogP contribution in [0.15, 0.2) is 18.2 Å². The number of aryl methyl sites for hydroxylation is 1. The zero-order valence-electron chi connectivity index (χ0n) is 15.0. The maximum Gasteiger partial charge on any atom is 0.315 e.